The molecule has 0 fully saturated rings. The summed E-state index contributed by atoms with van der Waals surface area (Å²) >= 11 is 9.95. The zero-order valence-corrected chi connectivity index (χ0v) is 12.5. The van der Waals surface area contributed by atoms with Gasteiger partial charge in [-0.15, -0.1) is 11.6 Å². The first kappa shape index (κ1) is 13.6. The van der Waals surface area contributed by atoms with Crippen LogP contribution in [0, 0.1) is 19.7 Å². The van der Waals surface area contributed by atoms with Gasteiger partial charge in [-0.05, 0) is 54.3 Å². The minimum Gasteiger partial charge on any atom is -0.207 e. The fraction of sp³-hybridized carbons (Fsp3) is 0.200. The zero-order chi connectivity index (χ0) is 13.3. The van der Waals surface area contributed by atoms with Gasteiger partial charge >= 0.3 is 0 Å². The maximum atomic E-state index is 13.2. The van der Waals surface area contributed by atoms with Crippen molar-refractivity contribution in [2.75, 3.05) is 0 Å². The highest BCUT2D eigenvalue weighted by atomic mass is 79.9. The average molecular weight is 328 g/mol. The Morgan fingerprint density at radius 2 is 1.83 bits per heavy atom. The predicted octanol–water partition coefficient (Wildman–Crippen LogP) is 5.53. The fourth-order valence-electron chi connectivity index (χ4n) is 1.92. The van der Waals surface area contributed by atoms with Crippen LogP contribution in [0.4, 0.5) is 4.39 Å². The lowest BCUT2D eigenvalue weighted by Crippen LogP contribution is -1.98. The molecule has 0 saturated carbocycles. The summed E-state index contributed by atoms with van der Waals surface area (Å²) < 4.78 is 14.3. The number of hydrogen-bond acceptors (Lipinski definition) is 0. The van der Waals surface area contributed by atoms with Crippen molar-refractivity contribution in [1.29, 1.82) is 0 Å². The molecule has 0 aliphatic carbocycles. The molecule has 94 valence electrons. The van der Waals surface area contributed by atoms with E-state index in [0.29, 0.717) is 0 Å². The van der Waals surface area contributed by atoms with Crippen LogP contribution in [0.1, 0.15) is 27.6 Å². The van der Waals surface area contributed by atoms with E-state index in [1.165, 1.54) is 12.1 Å². The van der Waals surface area contributed by atoms with Gasteiger partial charge < -0.3 is 0 Å². The molecule has 0 amide bonds. The van der Waals surface area contributed by atoms with Crippen molar-refractivity contribution in [1.82, 2.24) is 0 Å². The molecule has 1 unspecified atom stereocenters. The molecule has 0 aromatic heterocycles. The van der Waals surface area contributed by atoms with E-state index in [1.54, 1.807) is 6.07 Å². The summed E-state index contributed by atoms with van der Waals surface area (Å²) in [6, 6.07) is 10.5. The Morgan fingerprint density at radius 1 is 1.11 bits per heavy atom. The largest absolute Gasteiger partial charge is 0.207 e. The summed E-state index contributed by atoms with van der Waals surface area (Å²) in [5.41, 5.74) is 4.01. The first-order valence-corrected chi connectivity index (χ1v) is 6.88. The van der Waals surface area contributed by atoms with Crippen molar-refractivity contribution < 1.29 is 4.39 Å². The Bertz CT molecular complexity index is 581. The van der Waals surface area contributed by atoms with Crippen LogP contribution in [0.3, 0.4) is 0 Å². The molecule has 0 N–H and O–H groups in total. The van der Waals surface area contributed by atoms with E-state index in [9.17, 15) is 4.39 Å². The maximum absolute atomic E-state index is 13.2. The number of alkyl halides is 1. The number of rotatable bonds is 2. The summed E-state index contributed by atoms with van der Waals surface area (Å²) in [6.45, 7) is 4.02. The van der Waals surface area contributed by atoms with Gasteiger partial charge in [-0.2, -0.15) is 0 Å². The molecule has 0 aliphatic rings. The Kier molecular flexibility index (Phi) is 4.08. The van der Waals surface area contributed by atoms with Gasteiger partial charge in [0.25, 0.3) is 0 Å². The first-order chi connectivity index (χ1) is 8.49. The van der Waals surface area contributed by atoms with Crippen molar-refractivity contribution in [3.8, 4) is 0 Å². The van der Waals surface area contributed by atoms with Crippen molar-refractivity contribution in [2.45, 2.75) is 19.2 Å². The summed E-state index contributed by atoms with van der Waals surface area (Å²) in [5.74, 6) is -0.260. The molecule has 18 heavy (non-hydrogen) atoms. The highest BCUT2D eigenvalue weighted by molar-refractivity contribution is 9.10. The zero-order valence-electron chi connectivity index (χ0n) is 10.2. The second-order valence-electron chi connectivity index (χ2n) is 4.38. The lowest BCUT2D eigenvalue weighted by Gasteiger charge is -2.15. The van der Waals surface area contributed by atoms with Crippen molar-refractivity contribution in [3.63, 3.8) is 0 Å². The molecular weight excluding hydrogens is 315 g/mol. The number of benzene rings is 2. The monoisotopic (exact) mass is 326 g/mol. The van der Waals surface area contributed by atoms with Gasteiger partial charge in [0.2, 0.25) is 0 Å². The van der Waals surface area contributed by atoms with E-state index in [1.807, 2.05) is 32.0 Å². The van der Waals surface area contributed by atoms with Crippen LogP contribution in [0.5, 0.6) is 0 Å². The Hall–Kier alpha value is -0.860. The molecule has 0 radical (unpaired) electrons. The fourth-order valence-corrected chi connectivity index (χ4v) is 2.75. The topological polar surface area (TPSA) is 0 Å². The van der Waals surface area contributed by atoms with E-state index in [0.717, 1.165) is 26.7 Å². The van der Waals surface area contributed by atoms with Gasteiger partial charge in [-0.1, -0.05) is 34.1 Å². The maximum Gasteiger partial charge on any atom is 0.123 e. The second-order valence-corrected chi connectivity index (χ2v) is 5.67. The lowest BCUT2D eigenvalue weighted by atomic mass is 9.98. The van der Waals surface area contributed by atoms with E-state index >= 15 is 0 Å². The van der Waals surface area contributed by atoms with Gasteiger partial charge in [-0.25, -0.2) is 4.39 Å². The van der Waals surface area contributed by atoms with Crippen molar-refractivity contribution >= 4 is 27.5 Å². The molecule has 0 nitrogen and oxygen atoms in total. The van der Waals surface area contributed by atoms with E-state index in [2.05, 4.69) is 15.9 Å². The smallest absolute Gasteiger partial charge is 0.123 e. The minimum atomic E-state index is -0.326. The molecule has 2 rings (SSSR count). The number of halogens is 3. The molecule has 0 saturated heterocycles. The van der Waals surface area contributed by atoms with Crippen molar-refractivity contribution in [2.24, 2.45) is 0 Å². The summed E-state index contributed by atoms with van der Waals surface area (Å²) in [6.07, 6.45) is 0. The quantitative estimate of drug-likeness (QED) is 0.636. The van der Waals surface area contributed by atoms with Crippen molar-refractivity contribution in [3.05, 3.63) is 68.9 Å². The van der Waals surface area contributed by atoms with Gasteiger partial charge in [0.05, 0.1) is 5.38 Å². The Balaban J connectivity index is 2.46. The molecule has 0 bridgehead atoms. The molecule has 0 heterocycles. The average Bonchev–Trinajstić information content (AvgIpc) is 2.33. The molecule has 2 aromatic rings. The number of aryl methyl sites for hydroxylation is 2. The minimum absolute atomic E-state index is 0.260. The molecule has 0 aliphatic heterocycles. The third-order valence-electron chi connectivity index (χ3n) is 2.96. The number of hydrogen-bond donors (Lipinski definition) is 0. The molecular formula is C15H13BrClF. The van der Waals surface area contributed by atoms with E-state index < -0.39 is 0 Å². The van der Waals surface area contributed by atoms with Gasteiger partial charge in [0.1, 0.15) is 5.82 Å². The van der Waals surface area contributed by atoms with Crippen LogP contribution in [0.15, 0.2) is 40.9 Å². The standard InChI is InChI=1S/C15H13BrClF/c1-9-7-14(16)10(2)6-13(9)15(17)11-4-3-5-12(18)8-11/h3-8,15H,1-2H3. The summed E-state index contributed by atoms with van der Waals surface area (Å²) in [5, 5.41) is -0.326. The van der Waals surface area contributed by atoms with Crippen LogP contribution in [-0.4, -0.2) is 0 Å². The molecule has 1 atom stereocenters. The van der Waals surface area contributed by atoms with Crippen LogP contribution in [0.25, 0.3) is 0 Å². The van der Waals surface area contributed by atoms with Gasteiger partial charge in [0.15, 0.2) is 0 Å². The van der Waals surface area contributed by atoms with E-state index in [4.69, 9.17) is 11.6 Å². The third kappa shape index (κ3) is 2.76. The molecule has 2 aromatic carbocycles. The molecule has 3 heteroatoms. The van der Waals surface area contributed by atoms with Crippen LogP contribution < -0.4 is 0 Å². The predicted molar refractivity (Wildman–Crippen MR) is 77.7 cm³/mol. The SMILES string of the molecule is Cc1cc(C(Cl)c2cccc(F)c2)c(C)cc1Br. The van der Waals surface area contributed by atoms with E-state index in [-0.39, 0.29) is 11.2 Å². The van der Waals surface area contributed by atoms with Crippen LogP contribution in [0.2, 0.25) is 0 Å². The summed E-state index contributed by atoms with van der Waals surface area (Å²) in [4.78, 5) is 0. The van der Waals surface area contributed by atoms with Crippen LogP contribution in [-0.2, 0) is 0 Å². The Labute approximate surface area is 120 Å². The van der Waals surface area contributed by atoms with Gasteiger partial charge in [0, 0.05) is 4.47 Å². The highest BCUT2D eigenvalue weighted by Crippen LogP contribution is 2.33. The van der Waals surface area contributed by atoms with Gasteiger partial charge in [-0.3, -0.25) is 0 Å². The summed E-state index contributed by atoms with van der Waals surface area (Å²) in [7, 11) is 0. The normalized spacial score (nSPS) is 12.5. The molecule has 0 spiro atoms. The highest BCUT2D eigenvalue weighted by Gasteiger charge is 2.15. The Morgan fingerprint density at radius 3 is 2.50 bits per heavy atom. The lowest BCUT2D eigenvalue weighted by molar-refractivity contribution is 0.625. The third-order valence-corrected chi connectivity index (χ3v) is 4.30. The van der Waals surface area contributed by atoms with Crippen LogP contribution >= 0.6 is 27.5 Å². The second kappa shape index (κ2) is 5.41. The first-order valence-electron chi connectivity index (χ1n) is 5.65.